The third-order valence-corrected chi connectivity index (χ3v) is 11.8. The zero-order chi connectivity index (χ0) is 45.8. The Labute approximate surface area is 390 Å². The van der Waals surface area contributed by atoms with Crippen LogP contribution in [-0.2, 0) is 28.6 Å². The van der Waals surface area contributed by atoms with E-state index >= 15 is 0 Å². The largest absolute Gasteiger partial charge is 0.462 e. The molecule has 0 spiro atoms. The lowest BCUT2D eigenvalue weighted by molar-refractivity contribution is -0.167. The van der Waals surface area contributed by atoms with Crippen LogP contribution in [0.15, 0.2) is 48.6 Å². The number of esters is 3. The van der Waals surface area contributed by atoms with Gasteiger partial charge in [0.1, 0.15) is 13.2 Å². The van der Waals surface area contributed by atoms with Crippen LogP contribution in [-0.4, -0.2) is 37.2 Å². The second kappa shape index (κ2) is 52.0. The van der Waals surface area contributed by atoms with Crippen LogP contribution < -0.4 is 0 Å². The molecule has 0 saturated carbocycles. The minimum atomic E-state index is -0.780. The van der Waals surface area contributed by atoms with Crippen LogP contribution >= 0.6 is 0 Å². The number of allylic oxidation sites excluding steroid dienone is 8. The van der Waals surface area contributed by atoms with Crippen LogP contribution in [0, 0.1) is 0 Å². The van der Waals surface area contributed by atoms with E-state index in [-0.39, 0.29) is 31.1 Å². The average Bonchev–Trinajstić information content (AvgIpc) is 3.28. The minimum absolute atomic E-state index is 0.0780. The fourth-order valence-electron chi connectivity index (χ4n) is 7.75. The van der Waals surface area contributed by atoms with Crippen molar-refractivity contribution in [1.82, 2.24) is 0 Å². The van der Waals surface area contributed by atoms with Gasteiger partial charge in [-0.1, -0.05) is 230 Å². The molecule has 6 heteroatoms. The molecule has 0 aliphatic heterocycles. The highest BCUT2D eigenvalue weighted by Gasteiger charge is 2.19. The molecule has 1 atom stereocenters. The lowest BCUT2D eigenvalue weighted by atomic mass is 10.0. The van der Waals surface area contributed by atoms with Crippen LogP contribution in [0.25, 0.3) is 0 Å². The summed E-state index contributed by atoms with van der Waals surface area (Å²) in [5.41, 5.74) is 0. The second-order valence-corrected chi connectivity index (χ2v) is 18.1. The standard InChI is InChI=1S/C57H102O6/c1-4-7-10-13-16-19-22-25-26-27-28-29-30-33-35-38-41-44-47-50-56(59)62-53-54(63-57(60)51-48-45-42-39-36-32-24-21-18-15-12-9-6-3)52-61-55(58)49-46-43-40-37-34-31-23-20-17-14-11-8-5-2/h7,10,16,19,25-26,32,36,54H,4-6,8-9,11-15,17-18,20-24,27-31,33-35,37-53H2,1-3H3/b10-7-,19-16-,26-25-,36-32-. The minimum Gasteiger partial charge on any atom is -0.462 e. The summed E-state index contributed by atoms with van der Waals surface area (Å²) >= 11 is 0. The Morgan fingerprint density at radius 1 is 0.333 bits per heavy atom. The first kappa shape index (κ1) is 60.4. The maximum atomic E-state index is 12.8. The van der Waals surface area contributed by atoms with Gasteiger partial charge in [-0.15, -0.1) is 0 Å². The molecule has 0 radical (unpaired) electrons. The predicted molar refractivity (Wildman–Crippen MR) is 270 cm³/mol. The normalized spacial score (nSPS) is 12.4. The summed E-state index contributed by atoms with van der Waals surface area (Å²) < 4.78 is 16.8. The number of rotatable bonds is 49. The molecule has 0 aromatic heterocycles. The molecule has 1 unspecified atom stereocenters. The molecule has 0 amide bonds. The van der Waals surface area contributed by atoms with Gasteiger partial charge >= 0.3 is 17.9 Å². The molecular weight excluding hydrogens is 781 g/mol. The molecule has 0 saturated heterocycles. The van der Waals surface area contributed by atoms with E-state index < -0.39 is 6.10 Å². The highest BCUT2D eigenvalue weighted by molar-refractivity contribution is 5.71. The molecule has 0 aromatic carbocycles. The second-order valence-electron chi connectivity index (χ2n) is 18.1. The first-order valence-corrected chi connectivity index (χ1v) is 27.1. The summed E-state index contributed by atoms with van der Waals surface area (Å²) in [6, 6.07) is 0. The average molecular weight is 883 g/mol. The molecule has 0 heterocycles. The summed E-state index contributed by atoms with van der Waals surface area (Å²) in [7, 11) is 0. The van der Waals surface area contributed by atoms with Crippen LogP contribution in [0.2, 0.25) is 0 Å². The van der Waals surface area contributed by atoms with E-state index in [1.807, 2.05) is 0 Å². The first-order valence-electron chi connectivity index (χ1n) is 27.1. The Morgan fingerprint density at radius 2 is 0.619 bits per heavy atom. The van der Waals surface area contributed by atoms with Gasteiger partial charge in [0.2, 0.25) is 0 Å². The lowest BCUT2D eigenvalue weighted by Crippen LogP contribution is -2.30. The highest BCUT2D eigenvalue weighted by atomic mass is 16.6. The Balaban J connectivity index is 4.34. The third kappa shape index (κ3) is 50.2. The zero-order valence-corrected chi connectivity index (χ0v) is 41.8. The number of ether oxygens (including phenoxy) is 3. The topological polar surface area (TPSA) is 78.9 Å². The van der Waals surface area contributed by atoms with Crippen molar-refractivity contribution < 1.29 is 28.6 Å². The van der Waals surface area contributed by atoms with Crippen molar-refractivity contribution in [2.75, 3.05) is 13.2 Å². The number of hydrogen-bond donors (Lipinski definition) is 0. The highest BCUT2D eigenvalue weighted by Crippen LogP contribution is 2.15. The molecule has 0 N–H and O–H groups in total. The van der Waals surface area contributed by atoms with E-state index in [0.717, 1.165) is 89.9 Å². The van der Waals surface area contributed by atoms with Crippen molar-refractivity contribution in [3.63, 3.8) is 0 Å². The summed E-state index contributed by atoms with van der Waals surface area (Å²) in [4.78, 5) is 38.0. The van der Waals surface area contributed by atoms with Crippen molar-refractivity contribution in [3.8, 4) is 0 Å². The van der Waals surface area contributed by atoms with Crippen LogP contribution in [0.1, 0.15) is 278 Å². The third-order valence-electron chi connectivity index (χ3n) is 11.8. The maximum absolute atomic E-state index is 12.8. The van der Waals surface area contributed by atoms with Crippen molar-refractivity contribution >= 4 is 17.9 Å². The summed E-state index contributed by atoms with van der Waals surface area (Å²) in [6.45, 7) is 6.52. The lowest BCUT2D eigenvalue weighted by Gasteiger charge is -2.18. The van der Waals surface area contributed by atoms with Gasteiger partial charge in [-0.2, -0.15) is 0 Å². The van der Waals surface area contributed by atoms with E-state index in [4.69, 9.17) is 14.2 Å². The van der Waals surface area contributed by atoms with Crippen molar-refractivity contribution in [3.05, 3.63) is 48.6 Å². The van der Waals surface area contributed by atoms with Crippen LogP contribution in [0.3, 0.4) is 0 Å². The smallest absolute Gasteiger partial charge is 0.306 e. The molecule has 0 aromatic rings. The summed E-state index contributed by atoms with van der Waals surface area (Å²) in [5.74, 6) is -0.890. The van der Waals surface area contributed by atoms with E-state index in [9.17, 15) is 14.4 Å². The van der Waals surface area contributed by atoms with Crippen LogP contribution in [0.5, 0.6) is 0 Å². The van der Waals surface area contributed by atoms with Gasteiger partial charge in [0, 0.05) is 19.3 Å². The van der Waals surface area contributed by atoms with Crippen molar-refractivity contribution in [2.24, 2.45) is 0 Å². The number of carbonyl (C=O) groups excluding carboxylic acids is 3. The molecule has 0 aliphatic rings. The molecule has 0 fully saturated rings. The van der Waals surface area contributed by atoms with Gasteiger partial charge in [0.25, 0.3) is 0 Å². The Morgan fingerprint density at radius 3 is 1.00 bits per heavy atom. The first-order chi connectivity index (χ1) is 31.0. The molecule has 0 rings (SSSR count). The van der Waals surface area contributed by atoms with Crippen molar-refractivity contribution in [1.29, 1.82) is 0 Å². The summed E-state index contributed by atoms with van der Waals surface area (Å²) in [5, 5.41) is 0. The fraction of sp³-hybridized carbons (Fsp3) is 0.807. The van der Waals surface area contributed by atoms with Crippen molar-refractivity contribution in [2.45, 2.75) is 284 Å². The Bertz CT molecular complexity index is 1110. The number of hydrogen-bond acceptors (Lipinski definition) is 6. The molecule has 6 nitrogen and oxygen atoms in total. The summed E-state index contributed by atoms with van der Waals surface area (Å²) in [6.07, 6.45) is 62.4. The van der Waals surface area contributed by atoms with Gasteiger partial charge < -0.3 is 14.2 Å². The van der Waals surface area contributed by atoms with E-state index in [0.29, 0.717) is 19.3 Å². The molecule has 63 heavy (non-hydrogen) atoms. The van der Waals surface area contributed by atoms with Gasteiger partial charge in [0.15, 0.2) is 6.10 Å². The van der Waals surface area contributed by atoms with E-state index in [1.54, 1.807) is 0 Å². The maximum Gasteiger partial charge on any atom is 0.306 e. The molecule has 0 aliphatic carbocycles. The monoisotopic (exact) mass is 883 g/mol. The Hall–Kier alpha value is -2.63. The van der Waals surface area contributed by atoms with Crippen LogP contribution in [0.4, 0.5) is 0 Å². The van der Waals surface area contributed by atoms with Gasteiger partial charge in [-0.3, -0.25) is 14.4 Å². The van der Waals surface area contributed by atoms with Gasteiger partial charge in [-0.05, 0) is 77.0 Å². The fourth-order valence-corrected chi connectivity index (χ4v) is 7.75. The van der Waals surface area contributed by atoms with E-state index in [2.05, 4.69) is 69.4 Å². The quantitative estimate of drug-likeness (QED) is 0.0262. The van der Waals surface area contributed by atoms with Gasteiger partial charge in [0.05, 0.1) is 0 Å². The van der Waals surface area contributed by atoms with E-state index in [1.165, 1.54) is 148 Å². The SMILES string of the molecule is CC/C=C\C/C=C\C/C=C\CCCCCCCCCCCC(=O)OCC(COC(=O)CCCCCCCCCCCCCCC)OC(=O)CCCCC/C=C\CCCCCCCC. The Kier molecular flexibility index (Phi) is 49.8. The zero-order valence-electron chi connectivity index (χ0n) is 41.8. The molecular formula is C57H102O6. The molecule has 0 bridgehead atoms. The predicted octanol–water partition coefficient (Wildman–Crippen LogP) is 17.9. The molecule has 366 valence electrons. The van der Waals surface area contributed by atoms with Gasteiger partial charge in [-0.25, -0.2) is 0 Å². The number of unbranched alkanes of at least 4 members (excludes halogenated alkanes) is 30. The number of carbonyl (C=O) groups is 3.